The summed E-state index contributed by atoms with van der Waals surface area (Å²) in [5.41, 5.74) is 0.503. The van der Waals surface area contributed by atoms with Crippen molar-refractivity contribution in [3.63, 3.8) is 0 Å². The van der Waals surface area contributed by atoms with Crippen LogP contribution in [0.3, 0.4) is 0 Å². The average molecular weight is 385 g/mol. The molecule has 2 N–H and O–H groups in total. The summed E-state index contributed by atoms with van der Waals surface area (Å²) >= 11 is 11.8. The third-order valence-electron chi connectivity index (χ3n) is 3.83. The van der Waals surface area contributed by atoms with Gasteiger partial charge >= 0.3 is 18.2 Å². The molecule has 0 spiro atoms. The van der Waals surface area contributed by atoms with Crippen molar-refractivity contribution in [1.29, 1.82) is 0 Å². The van der Waals surface area contributed by atoms with Crippen LogP contribution in [-0.2, 0) is 4.79 Å². The quantitative estimate of drug-likeness (QED) is 0.819. The smallest absolute Gasteiger partial charge is 0.465 e. The second-order valence-corrected chi connectivity index (χ2v) is 6.19. The molecule has 1 aromatic rings. The molecular weight excluding hydrogens is 372 g/mol. The van der Waals surface area contributed by atoms with Crippen LogP contribution >= 0.6 is 23.2 Å². The highest BCUT2D eigenvalue weighted by Crippen LogP contribution is 2.32. The van der Waals surface area contributed by atoms with E-state index >= 15 is 0 Å². The number of hydrogen-bond donors (Lipinski definition) is 2. The van der Waals surface area contributed by atoms with Crippen molar-refractivity contribution in [1.82, 2.24) is 10.2 Å². The number of amides is 2. The number of halogens is 5. The molecule has 5 nitrogen and oxygen atoms in total. The molecular formula is C14H13Cl2F3N2O3. The molecule has 1 fully saturated rings. The monoisotopic (exact) mass is 384 g/mol. The van der Waals surface area contributed by atoms with Gasteiger partial charge in [-0.05, 0) is 24.1 Å². The summed E-state index contributed by atoms with van der Waals surface area (Å²) in [5, 5.41) is 11.5. The lowest BCUT2D eigenvalue weighted by Crippen LogP contribution is -2.53. The fourth-order valence-corrected chi connectivity index (χ4v) is 2.94. The van der Waals surface area contributed by atoms with Crippen LogP contribution in [0.1, 0.15) is 17.9 Å². The molecule has 132 valence electrons. The zero-order valence-electron chi connectivity index (χ0n) is 12.1. The van der Waals surface area contributed by atoms with Gasteiger partial charge in [0.2, 0.25) is 0 Å². The number of nitrogens with one attached hydrogen (secondary N) is 1. The van der Waals surface area contributed by atoms with Gasteiger partial charge in [-0.3, -0.25) is 4.79 Å². The van der Waals surface area contributed by atoms with Gasteiger partial charge < -0.3 is 15.3 Å². The van der Waals surface area contributed by atoms with E-state index in [4.69, 9.17) is 28.3 Å². The number of likely N-dealkylation sites (tertiary alicyclic amines) is 1. The Bertz CT molecular complexity index is 655. The highest BCUT2D eigenvalue weighted by molar-refractivity contribution is 6.42. The van der Waals surface area contributed by atoms with Gasteiger partial charge in [-0.25, -0.2) is 4.79 Å². The normalized spacial score (nSPS) is 21.5. The predicted molar refractivity (Wildman–Crippen MR) is 81.4 cm³/mol. The Labute approximate surface area is 145 Å². The van der Waals surface area contributed by atoms with E-state index < -0.39 is 30.1 Å². The summed E-state index contributed by atoms with van der Waals surface area (Å²) < 4.78 is 37.5. The Balaban J connectivity index is 2.28. The molecule has 1 aliphatic heterocycles. The van der Waals surface area contributed by atoms with Crippen molar-refractivity contribution in [2.75, 3.05) is 13.1 Å². The van der Waals surface area contributed by atoms with Crippen LogP contribution in [0.5, 0.6) is 0 Å². The molecule has 0 saturated carbocycles. The number of carbonyl (C=O) groups is 2. The number of alkyl halides is 3. The minimum absolute atomic E-state index is 0.0238. The lowest BCUT2D eigenvalue weighted by atomic mass is 9.86. The van der Waals surface area contributed by atoms with Crippen LogP contribution in [0, 0.1) is 0 Å². The number of piperidine rings is 1. The summed E-state index contributed by atoms with van der Waals surface area (Å²) in [6, 6.07) is 3.62. The summed E-state index contributed by atoms with van der Waals surface area (Å²) in [7, 11) is 0. The van der Waals surface area contributed by atoms with Gasteiger partial charge in [0.1, 0.15) is 0 Å². The van der Waals surface area contributed by atoms with Crippen LogP contribution in [0.4, 0.5) is 18.0 Å². The van der Waals surface area contributed by atoms with Gasteiger partial charge in [0.15, 0.2) is 0 Å². The van der Waals surface area contributed by atoms with Gasteiger partial charge in [-0.1, -0.05) is 29.3 Å². The number of rotatable bonds is 2. The first kappa shape index (κ1) is 18.7. The maximum atomic E-state index is 12.5. The summed E-state index contributed by atoms with van der Waals surface area (Å²) in [4.78, 5) is 23.5. The molecule has 0 aliphatic carbocycles. The average Bonchev–Trinajstić information content (AvgIpc) is 2.49. The molecule has 10 heteroatoms. The first-order valence-corrected chi connectivity index (χ1v) is 7.65. The van der Waals surface area contributed by atoms with Crippen molar-refractivity contribution in [2.45, 2.75) is 24.6 Å². The molecule has 0 unspecified atom stereocenters. The van der Waals surface area contributed by atoms with Crippen molar-refractivity contribution >= 4 is 35.2 Å². The molecule has 0 aromatic heterocycles. The van der Waals surface area contributed by atoms with Crippen molar-refractivity contribution in [3.05, 3.63) is 33.8 Å². The van der Waals surface area contributed by atoms with E-state index in [9.17, 15) is 22.8 Å². The Morgan fingerprint density at radius 3 is 2.46 bits per heavy atom. The number of carbonyl (C=O) groups excluding carboxylic acids is 1. The minimum atomic E-state index is -5.01. The van der Waals surface area contributed by atoms with Crippen LogP contribution in [0.2, 0.25) is 10.0 Å². The van der Waals surface area contributed by atoms with Gasteiger partial charge in [0.05, 0.1) is 10.0 Å². The number of benzene rings is 1. The first-order valence-electron chi connectivity index (χ1n) is 6.90. The van der Waals surface area contributed by atoms with Crippen LogP contribution in [0.25, 0.3) is 0 Å². The fourth-order valence-electron chi connectivity index (χ4n) is 2.63. The topological polar surface area (TPSA) is 69.6 Å². The molecule has 1 saturated heterocycles. The molecule has 1 aromatic carbocycles. The maximum absolute atomic E-state index is 12.5. The third kappa shape index (κ3) is 4.24. The lowest BCUT2D eigenvalue weighted by molar-refractivity contribution is -0.174. The first-order chi connectivity index (χ1) is 11.1. The SMILES string of the molecule is O=C(O)N1CC[C@@H](NC(=O)C(F)(F)F)[C@H](c2ccc(Cl)c(Cl)c2)C1. The van der Waals surface area contributed by atoms with E-state index in [2.05, 4.69) is 0 Å². The van der Waals surface area contributed by atoms with Gasteiger partial charge in [-0.2, -0.15) is 13.2 Å². The standard InChI is InChI=1S/C14H13Cl2F3N2O3/c15-9-2-1-7(5-10(9)16)8-6-21(13(23)24)4-3-11(8)20-12(22)14(17,18)19/h1-2,5,8,11H,3-4,6H2,(H,20,22)(H,23,24)/t8-,11+/m0/s1. The molecule has 1 heterocycles. The van der Waals surface area contributed by atoms with E-state index in [1.807, 2.05) is 5.32 Å². The summed E-state index contributed by atoms with van der Waals surface area (Å²) in [5.74, 6) is -2.72. The second kappa shape index (κ2) is 7.06. The van der Waals surface area contributed by atoms with Crippen molar-refractivity contribution < 1.29 is 27.9 Å². The molecule has 2 rings (SSSR count). The zero-order valence-corrected chi connectivity index (χ0v) is 13.6. The Morgan fingerprint density at radius 1 is 1.25 bits per heavy atom. The van der Waals surface area contributed by atoms with Crippen molar-refractivity contribution in [3.8, 4) is 0 Å². The van der Waals surface area contributed by atoms with E-state index in [1.54, 1.807) is 6.07 Å². The Kier molecular flexibility index (Phi) is 5.49. The Morgan fingerprint density at radius 2 is 1.92 bits per heavy atom. The van der Waals surface area contributed by atoms with E-state index in [0.717, 1.165) is 4.90 Å². The largest absolute Gasteiger partial charge is 0.471 e. The lowest BCUT2D eigenvalue weighted by Gasteiger charge is -2.38. The summed E-state index contributed by atoms with van der Waals surface area (Å²) in [6.07, 6.45) is -6.13. The number of hydrogen-bond acceptors (Lipinski definition) is 2. The van der Waals surface area contributed by atoms with E-state index in [0.29, 0.717) is 5.56 Å². The van der Waals surface area contributed by atoms with E-state index in [1.165, 1.54) is 12.1 Å². The minimum Gasteiger partial charge on any atom is -0.465 e. The fraction of sp³-hybridized carbons (Fsp3) is 0.429. The van der Waals surface area contributed by atoms with Gasteiger partial charge in [0, 0.05) is 25.0 Å². The maximum Gasteiger partial charge on any atom is 0.471 e. The van der Waals surface area contributed by atoms with Crippen LogP contribution < -0.4 is 5.32 Å². The second-order valence-electron chi connectivity index (χ2n) is 5.38. The molecule has 2 amide bonds. The molecule has 2 atom stereocenters. The molecule has 1 aliphatic rings. The van der Waals surface area contributed by atoms with Crippen LogP contribution in [-0.4, -0.2) is 47.3 Å². The Hall–Kier alpha value is -1.67. The van der Waals surface area contributed by atoms with Gasteiger partial charge in [0.25, 0.3) is 0 Å². The van der Waals surface area contributed by atoms with Crippen molar-refractivity contribution in [2.24, 2.45) is 0 Å². The highest BCUT2D eigenvalue weighted by Gasteiger charge is 2.42. The zero-order chi connectivity index (χ0) is 18.1. The summed E-state index contributed by atoms with van der Waals surface area (Å²) in [6.45, 7) is -0.0357. The number of carboxylic acid groups (broad SMARTS) is 1. The predicted octanol–water partition coefficient (Wildman–Crippen LogP) is 3.51. The molecule has 0 bridgehead atoms. The van der Waals surface area contributed by atoms with Crippen LogP contribution in [0.15, 0.2) is 18.2 Å². The highest BCUT2D eigenvalue weighted by atomic mass is 35.5. The van der Waals surface area contributed by atoms with E-state index in [-0.39, 0.29) is 29.6 Å². The molecule has 0 radical (unpaired) electrons. The number of nitrogens with zero attached hydrogens (tertiary/aromatic N) is 1. The third-order valence-corrected chi connectivity index (χ3v) is 4.57. The molecule has 24 heavy (non-hydrogen) atoms. The van der Waals surface area contributed by atoms with Gasteiger partial charge in [-0.15, -0.1) is 0 Å².